The van der Waals surface area contributed by atoms with Crippen LogP contribution in [0.5, 0.6) is 0 Å². The Balaban J connectivity index is 2.32. The summed E-state index contributed by atoms with van der Waals surface area (Å²) in [6.07, 6.45) is 22.6. The number of hydrogen-bond acceptors (Lipinski definition) is 1. The van der Waals surface area contributed by atoms with Crippen molar-refractivity contribution in [2.45, 2.75) is 147 Å². The van der Waals surface area contributed by atoms with E-state index in [1.165, 1.54) is 83.5 Å². The molecule has 2 rings (SSSR count). The molecule has 172 valence electrons. The van der Waals surface area contributed by atoms with E-state index in [1.54, 1.807) is 26.2 Å². The van der Waals surface area contributed by atoms with Crippen LogP contribution in [0.1, 0.15) is 124 Å². The molecule has 0 amide bonds. The van der Waals surface area contributed by atoms with Crippen LogP contribution in [0, 0.1) is 11.8 Å². The van der Waals surface area contributed by atoms with Gasteiger partial charge in [-0.25, -0.2) is 0 Å². The first-order valence-electron chi connectivity index (χ1n) is 13.7. The second kappa shape index (κ2) is 13.3. The summed E-state index contributed by atoms with van der Waals surface area (Å²) in [6.45, 7) is 9.71. The summed E-state index contributed by atoms with van der Waals surface area (Å²) in [6, 6.07) is 0. The van der Waals surface area contributed by atoms with Crippen LogP contribution in [0.4, 0.5) is 0 Å². The molecule has 0 bridgehead atoms. The first-order chi connectivity index (χ1) is 14.1. The topological polar surface area (TPSA) is 9.23 Å². The predicted molar refractivity (Wildman–Crippen MR) is 133 cm³/mol. The van der Waals surface area contributed by atoms with Gasteiger partial charge in [0.1, 0.15) is 0 Å². The molecule has 2 heteroatoms. The summed E-state index contributed by atoms with van der Waals surface area (Å²) in [4.78, 5) is 0. The molecular weight excluding hydrogens is 459 g/mol. The predicted octanol–water partition coefficient (Wildman–Crippen LogP) is 9.38. The second-order valence-electron chi connectivity index (χ2n) is 10.8. The maximum atomic E-state index is 6.39. The van der Waals surface area contributed by atoms with Gasteiger partial charge in [-0.1, -0.05) is 0 Å². The van der Waals surface area contributed by atoms with Crippen molar-refractivity contribution in [1.82, 2.24) is 0 Å². The molecule has 2 saturated carbocycles. The van der Waals surface area contributed by atoms with E-state index in [0.717, 1.165) is 15.3 Å². The summed E-state index contributed by atoms with van der Waals surface area (Å²) in [5.74, 6) is 1.80. The summed E-state index contributed by atoms with van der Waals surface area (Å²) in [7, 11) is 2.06. The molecule has 3 atom stereocenters. The Morgan fingerprint density at radius 1 is 0.793 bits per heavy atom. The SMILES string of the molecule is CCCC[C@@]1([Sn]([CH2]CCC)([CH2]CCC)[CH2]CCC)C[C@@H]1[C@H](OC)C1CCCCC1. The van der Waals surface area contributed by atoms with E-state index in [1.807, 2.05) is 0 Å². The van der Waals surface area contributed by atoms with E-state index < -0.39 is 18.4 Å². The number of methoxy groups -OCH3 is 1. The van der Waals surface area contributed by atoms with E-state index in [9.17, 15) is 0 Å². The fraction of sp³-hybridized carbons (Fsp3) is 1.00. The van der Waals surface area contributed by atoms with Gasteiger partial charge in [-0.3, -0.25) is 0 Å². The van der Waals surface area contributed by atoms with Crippen molar-refractivity contribution >= 4 is 18.4 Å². The molecule has 0 aromatic rings. The third-order valence-corrected chi connectivity index (χ3v) is 28.6. The van der Waals surface area contributed by atoms with Crippen molar-refractivity contribution in [3.8, 4) is 0 Å². The van der Waals surface area contributed by atoms with Gasteiger partial charge in [0, 0.05) is 0 Å². The minimum absolute atomic E-state index is 0.591. The first kappa shape index (κ1) is 26.0. The Bertz CT molecular complexity index is 408. The second-order valence-corrected chi connectivity index (χ2v) is 25.2. The Morgan fingerprint density at radius 3 is 1.76 bits per heavy atom. The van der Waals surface area contributed by atoms with Crippen molar-refractivity contribution in [3.05, 3.63) is 0 Å². The molecule has 2 aliphatic rings. The average Bonchev–Trinajstić information content (AvgIpc) is 3.49. The van der Waals surface area contributed by atoms with Gasteiger partial charge in [0.05, 0.1) is 0 Å². The number of hydrogen-bond donors (Lipinski definition) is 0. The Labute approximate surface area is 188 Å². The number of unbranched alkanes of at least 4 members (excludes halogenated alkanes) is 4. The molecule has 0 spiro atoms. The first-order valence-corrected chi connectivity index (χ1v) is 21.2. The third kappa shape index (κ3) is 6.39. The molecule has 0 aromatic carbocycles. The van der Waals surface area contributed by atoms with Crippen LogP contribution >= 0.6 is 0 Å². The van der Waals surface area contributed by atoms with Gasteiger partial charge >= 0.3 is 189 Å². The molecule has 2 aliphatic carbocycles. The molecule has 0 aromatic heterocycles. The Kier molecular flexibility index (Phi) is 12.0. The van der Waals surface area contributed by atoms with Crippen LogP contribution in [0.15, 0.2) is 0 Å². The minimum atomic E-state index is -2.26. The van der Waals surface area contributed by atoms with Crippen molar-refractivity contribution in [3.63, 3.8) is 0 Å². The molecule has 0 radical (unpaired) electrons. The van der Waals surface area contributed by atoms with E-state index in [2.05, 4.69) is 34.8 Å². The molecule has 0 unspecified atom stereocenters. The van der Waals surface area contributed by atoms with Crippen molar-refractivity contribution in [2.24, 2.45) is 11.8 Å². The summed E-state index contributed by atoms with van der Waals surface area (Å²) >= 11 is -2.26. The summed E-state index contributed by atoms with van der Waals surface area (Å²) in [5, 5.41) is 0. The zero-order valence-corrected chi connectivity index (χ0v) is 23.7. The van der Waals surface area contributed by atoms with Crippen molar-refractivity contribution in [2.75, 3.05) is 7.11 Å². The summed E-state index contributed by atoms with van der Waals surface area (Å²) < 4.78 is 12.2. The maximum absolute atomic E-state index is 6.39. The van der Waals surface area contributed by atoms with Gasteiger partial charge < -0.3 is 0 Å². The zero-order chi connectivity index (χ0) is 21.2. The number of ether oxygens (including phenoxy) is 1. The fourth-order valence-electron chi connectivity index (χ4n) is 7.23. The Hall–Kier alpha value is 0.759. The van der Waals surface area contributed by atoms with Crippen LogP contribution in [0.25, 0.3) is 0 Å². The molecule has 0 saturated heterocycles. The molecule has 29 heavy (non-hydrogen) atoms. The standard InChI is InChI=1S/C15H27O.3C4H9.Sn/c1-3-4-8-13-11-14(13)15(16-2)12-9-6-5-7-10-12;3*1-3-4-2;/h12,14-15H,3-11H2,1-2H3;3*1,3-4H2,2H3;/t14-,15+;;;;/m0..../s1. The monoisotopic (exact) mass is 514 g/mol. The van der Waals surface area contributed by atoms with E-state index in [0.29, 0.717) is 6.10 Å². The van der Waals surface area contributed by atoms with Crippen LogP contribution in [0.3, 0.4) is 0 Å². The van der Waals surface area contributed by atoms with E-state index in [4.69, 9.17) is 4.74 Å². The zero-order valence-electron chi connectivity index (χ0n) is 20.9. The van der Waals surface area contributed by atoms with Gasteiger partial charge in [-0.05, 0) is 0 Å². The number of rotatable bonds is 16. The van der Waals surface area contributed by atoms with Gasteiger partial charge in [0.2, 0.25) is 0 Å². The molecule has 0 heterocycles. The molecule has 0 aliphatic heterocycles. The van der Waals surface area contributed by atoms with E-state index >= 15 is 0 Å². The molecule has 1 nitrogen and oxygen atoms in total. The van der Waals surface area contributed by atoms with Gasteiger partial charge in [0.25, 0.3) is 0 Å². The summed E-state index contributed by atoms with van der Waals surface area (Å²) in [5.41, 5.74) is 0. The van der Waals surface area contributed by atoms with Gasteiger partial charge in [0.15, 0.2) is 0 Å². The van der Waals surface area contributed by atoms with Gasteiger partial charge in [-0.15, -0.1) is 0 Å². The normalized spacial score (nSPS) is 26.6. The van der Waals surface area contributed by atoms with E-state index in [-0.39, 0.29) is 0 Å². The quantitative estimate of drug-likeness (QED) is 0.187. The van der Waals surface area contributed by atoms with Gasteiger partial charge in [-0.2, -0.15) is 0 Å². The van der Waals surface area contributed by atoms with Crippen LogP contribution in [-0.4, -0.2) is 31.6 Å². The molecular formula is C27H54OSn. The molecule has 2 fully saturated rings. The van der Waals surface area contributed by atoms with Crippen LogP contribution in [0.2, 0.25) is 16.7 Å². The average molecular weight is 513 g/mol. The third-order valence-electron chi connectivity index (χ3n) is 8.98. The van der Waals surface area contributed by atoms with Crippen molar-refractivity contribution in [1.29, 1.82) is 0 Å². The Morgan fingerprint density at radius 2 is 1.31 bits per heavy atom. The molecule has 0 N–H and O–H groups in total. The fourth-order valence-corrected chi connectivity index (χ4v) is 29.1. The van der Waals surface area contributed by atoms with Crippen LogP contribution in [-0.2, 0) is 4.74 Å². The van der Waals surface area contributed by atoms with Crippen LogP contribution < -0.4 is 0 Å². The van der Waals surface area contributed by atoms with Crippen molar-refractivity contribution < 1.29 is 4.74 Å².